The molecule has 154 valence electrons. The van der Waals surface area contributed by atoms with Gasteiger partial charge in [0.2, 0.25) is 10.0 Å². The lowest BCUT2D eigenvalue weighted by atomic mass is 9.87. The molecule has 0 unspecified atom stereocenters. The number of hydrogen-bond acceptors (Lipinski definition) is 4. The minimum Gasteiger partial charge on any atom is -0.478 e. The van der Waals surface area contributed by atoms with E-state index >= 15 is 0 Å². The number of carbonyl (C=O) groups excluding carboxylic acids is 1. The molecular formula is C21H23ClN2O4S. The summed E-state index contributed by atoms with van der Waals surface area (Å²) in [7, 11) is -3.53. The summed E-state index contributed by atoms with van der Waals surface area (Å²) in [5.74, 6) is 0.101. The molecule has 0 spiro atoms. The van der Waals surface area contributed by atoms with Gasteiger partial charge >= 0.3 is 0 Å². The first-order valence-electron chi connectivity index (χ1n) is 9.65. The topological polar surface area (TPSA) is 75.7 Å². The largest absolute Gasteiger partial charge is 0.478 e. The lowest BCUT2D eigenvalue weighted by molar-refractivity contribution is -0.129. The van der Waals surface area contributed by atoms with Gasteiger partial charge in [0.1, 0.15) is 5.75 Å². The van der Waals surface area contributed by atoms with Crippen molar-refractivity contribution in [2.24, 2.45) is 0 Å². The van der Waals surface area contributed by atoms with Gasteiger partial charge in [-0.2, -0.15) is 0 Å². The van der Waals surface area contributed by atoms with Crippen molar-refractivity contribution in [2.45, 2.75) is 37.8 Å². The first-order chi connectivity index (χ1) is 13.8. The average molecular weight is 435 g/mol. The highest BCUT2D eigenvalue weighted by atomic mass is 35.5. The lowest BCUT2D eigenvalue weighted by Crippen LogP contribution is -2.42. The van der Waals surface area contributed by atoms with Gasteiger partial charge in [-0.15, -0.1) is 0 Å². The number of sulfonamides is 1. The molecule has 4 rings (SSSR count). The second-order valence-corrected chi connectivity index (χ2v) is 9.84. The number of ether oxygens (including phenoxy) is 1. The van der Waals surface area contributed by atoms with E-state index in [1.54, 1.807) is 18.2 Å². The zero-order valence-electron chi connectivity index (χ0n) is 16.1. The van der Waals surface area contributed by atoms with Crippen molar-refractivity contribution in [1.29, 1.82) is 0 Å². The van der Waals surface area contributed by atoms with Gasteiger partial charge in [-0.1, -0.05) is 35.9 Å². The maximum atomic E-state index is 13.0. The maximum absolute atomic E-state index is 13.0. The van der Waals surface area contributed by atoms with Crippen LogP contribution in [0.1, 0.15) is 36.4 Å². The Hall–Kier alpha value is -2.25. The van der Waals surface area contributed by atoms with Crippen LogP contribution in [0.4, 0.5) is 5.69 Å². The van der Waals surface area contributed by atoms with E-state index < -0.39 is 16.1 Å². The molecule has 0 saturated heterocycles. The minimum atomic E-state index is -3.53. The Kier molecular flexibility index (Phi) is 5.44. The third-order valence-electron chi connectivity index (χ3n) is 5.43. The van der Waals surface area contributed by atoms with Gasteiger partial charge in [-0.25, -0.2) is 8.42 Å². The second-order valence-electron chi connectivity index (χ2n) is 7.49. The number of halogens is 1. The van der Waals surface area contributed by atoms with Gasteiger partial charge in [0, 0.05) is 18.0 Å². The van der Waals surface area contributed by atoms with Crippen molar-refractivity contribution in [3.05, 3.63) is 58.6 Å². The molecule has 0 bridgehead atoms. The fourth-order valence-electron chi connectivity index (χ4n) is 4.05. The van der Waals surface area contributed by atoms with Gasteiger partial charge in [-0.3, -0.25) is 9.10 Å². The minimum absolute atomic E-state index is 0.0602. The van der Waals surface area contributed by atoms with E-state index in [4.69, 9.17) is 16.3 Å². The first-order valence-corrected chi connectivity index (χ1v) is 11.9. The average Bonchev–Trinajstić information content (AvgIpc) is 2.87. The number of nitrogens with zero attached hydrogens (tertiary/aromatic N) is 1. The molecule has 0 radical (unpaired) electrons. The number of nitrogens with one attached hydrogen (secondary N) is 1. The smallest absolute Gasteiger partial charge is 0.261 e. The fourth-order valence-corrected chi connectivity index (χ4v) is 5.15. The highest BCUT2D eigenvalue weighted by Crippen LogP contribution is 2.37. The van der Waals surface area contributed by atoms with Crippen molar-refractivity contribution in [3.63, 3.8) is 0 Å². The number of aryl methyl sites for hydroxylation is 1. The molecule has 0 saturated carbocycles. The summed E-state index contributed by atoms with van der Waals surface area (Å²) in [4.78, 5) is 13.0. The molecule has 2 aromatic rings. The fraction of sp³-hybridized carbons (Fsp3) is 0.381. The van der Waals surface area contributed by atoms with Crippen LogP contribution in [0.15, 0.2) is 42.5 Å². The van der Waals surface area contributed by atoms with Crippen molar-refractivity contribution in [2.75, 3.05) is 17.1 Å². The third-order valence-corrected chi connectivity index (χ3v) is 6.85. The van der Waals surface area contributed by atoms with Crippen molar-refractivity contribution >= 4 is 33.2 Å². The van der Waals surface area contributed by atoms with Crippen molar-refractivity contribution in [3.8, 4) is 5.75 Å². The molecule has 1 heterocycles. The predicted octanol–water partition coefficient (Wildman–Crippen LogP) is 3.45. The van der Waals surface area contributed by atoms with E-state index in [9.17, 15) is 13.2 Å². The summed E-state index contributed by atoms with van der Waals surface area (Å²) in [5, 5.41) is 3.52. The number of anilines is 1. The van der Waals surface area contributed by atoms with Crippen molar-refractivity contribution in [1.82, 2.24) is 5.32 Å². The standard InChI is InChI=1S/C21H23ClN2O4S/c1-29(26,27)24-12-11-20(28-19-10-9-15(22)13-18(19)24)21(25)23-17-8-4-6-14-5-2-3-7-16(14)17/h2-3,5,7,9-10,13,17,20H,4,6,8,11-12H2,1H3,(H,23,25)/t17-,20-/m0/s1. The van der Waals surface area contributed by atoms with E-state index in [0.29, 0.717) is 16.5 Å². The van der Waals surface area contributed by atoms with Gasteiger partial charge < -0.3 is 10.1 Å². The number of carbonyl (C=O) groups is 1. The Morgan fingerprint density at radius 2 is 2.00 bits per heavy atom. The van der Waals surface area contributed by atoms with Crippen LogP contribution in [0.2, 0.25) is 5.02 Å². The monoisotopic (exact) mass is 434 g/mol. The Balaban J connectivity index is 1.57. The third kappa shape index (κ3) is 4.21. The van der Waals surface area contributed by atoms with Crippen LogP contribution < -0.4 is 14.4 Å². The van der Waals surface area contributed by atoms with E-state index in [-0.39, 0.29) is 24.9 Å². The summed E-state index contributed by atoms with van der Waals surface area (Å²) in [6.45, 7) is 0.144. The highest BCUT2D eigenvalue weighted by Gasteiger charge is 2.33. The summed E-state index contributed by atoms with van der Waals surface area (Å²) in [5.41, 5.74) is 2.76. The number of amides is 1. The van der Waals surface area contributed by atoms with Crippen LogP contribution >= 0.6 is 11.6 Å². The number of fused-ring (bicyclic) bond motifs is 2. The van der Waals surface area contributed by atoms with Crippen LogP contribution in [-0.2, 0) is 21.2 Å². The van der Waals surface area contributed by atoms with Crippen LogP contribution in [0.5, 0.6) is 5.75 Å². The van der Waals surface area contributed by atoms with Crippen molar-refractivity contribution < 1.29 is 17.9 Å². The van der Waals surface area contributed by atoms with E-state index in [0.717, 1.165) is 31.1 Å². The molecule has 2 aliphatic rings. The second kappa shape index (κ2) is 7.88. The molecule has 8 heteroatoms. The summed E-state index contributed by atoms with van der Waals surface area (Å²) in [6, 6.07) is 12.9. The number of hydrogen-bond donors (Lipinski definition) is 1. The number of rotatable bonds is 3. The number of benzene rings is 2. The molecule has 6 nitrogen and oxygen atoms in total. The Morgan fingerprint density at radius 3 is 2.79 bits per heavy atom. The Labute approximate surface area is 175 Å². The van der Waals surface area contributed by atoms with Crippen LogP contribution in [-0.4, -0.2) is 33.2 Å². The Bertz CT molecular complexity index is 1040. The maximum Gasteiger partial charge on any atom is 0.261 e. The summed E-state index contributed by atoms with van der Waals surface area (Å²) < 4.78 is 31.7. The molecule has 1 aliphatic carbocycles. The quantitative estimate of drug-likeness (QED) is 0.802. The predicted molar refractivity (Wildman–Crippen MR) is 113 cm³/mol. The zero-order chi connectivity index (χ0) is 20.6. The van der Waals surface area contributed by atoms with Gasteiger partial charge in [0.15, 0.2) is 6.10 Å². The Morgan fingerprint density at radius 1 is 1.21 bits per heavy atom. The first kappa shape index (κ1) is 20.0. The molecule has 1 amide bonds. The van der Waals surface area contributed by atoms with E-state index in [2.05, 4.69) is 17.4 Å². The van der Waals surface area contributed by atoms with Crippen LogP contribution in [0, 0.1) is 0 Å². The van der Waals surface area contributed by atoms with Crippen LogP contribution in [0.25, 0.3) is 0 Å². The van der Waals surface area contributed by atoms with E-state index in [1.165, 1.54) is 9.87 Å². The molecular weight excluding hydrogens is 412 g/mol. The van der Waals surface area contributed by atoms with Gasteiger partial charge in [0.25, 0.3) is 5.91 Å². The summed E-state index contributed by atoms with van der Waals surface area (Å²) in [6.07, 6.45) is 3.50. The van der Waals surface area contributed by atoms with Crippen LogP contribution in [0.3, 0.4) is 0 Å². The van der Waals surface area contributed by atoms with E-state index in [1.807, 2.05) is 12.1 Å². The molecule has 2 atom stereocenters. The molecule has 29 heavy (non-hydrogen) atoms. The zero-order valence-corrected chi connectivity index (χ0v) is 17.7. The molecule has 0 aromatic heterocycles. The SMILES string of the molecule is CS(=O)(=O)N1CC[C@@H](C(=O)N[C@H]2CCCc3ccccc32)Oc2ccc(Cl)cc21. The summed E-state index contributed by atoms with van der Waals surface area (Å²) >= 11 is 6.06. The molecule has 2 aromatic carbocycles. The lowest BCUT2D eigenvalue weighted by Gasteiger charge is -2.28. The molecule has 0 fully saturated rings. The normalized spacial score (nSPS) is 21.4. The molecule has 1 aliphatic heterocycles. The highest BCUT2D eigenvalue weighted by molar-refractivity contribution is 7.92. The van der Waals surface area contributed by atoms with Gasteiger partial charge in [0.05, 0.1) is 18.0 Å². The molecule has 1 N–H and O–H groups in total. The van der Waals surface area contributed by atoms with Gasteiger partial charge in [-0.05, 0) is 48.6 Å².